The first-order chi connectivity index (χ1) is 5.24. The van der Waals surface area contributed by atoms with E-state index in [2.05, 4.69) is 5.43 Å². The Morgan fingerprint density at radius 1 is 1.18 bits per heavy atom. The Morgan fingerprint density at radius 2 is 1.73 bits per heavy atom. The molecule has 0 heterocycles. The molecule has 0 bridgehead atoms. The predicted octanol–water partition coefficient (Wildman–Crippen LogP) is 1.04. The molecule has 1 aromatic rings. The summed E-state index contributed by atoms with van der Waals surface area (Å²) in [6.45, 7) is 0. The number of nitrogens with one attached hydrogen (secondary N) is 1. The molecule has 0 atom stereocenters. The van der Waals surface area contributed by atoms with Crippen molar-refractivity contribution in [3.05, 3.63) is 24.3 Å². The fraction of sp³-hybridized carbons (Fsp3) is 0.250. The van der Waals surface area contributed by atoms with Crippen molar-refractivity contribution in [2.24, 2.45) is 5.84 Å². The summed E-state index contributed by atoms with van der Waals surface area (Å²) in [7, 11) is 4.01. The largest absolute Gasteiger partial charge is 0.378 e. The Balaban J connectivity index is 2.83. The van der Waals surface area contributed by atoms with Gasteiger partial charge < -0.3 is 10.3 Å². The van der Waals surface area contributed by atoms with Gasteiger partial charge in [-0.25, -0.2) is 0 Å². The molecule has 11 heavy (non-hydrogen) atoms. The van der Waals surface area contributed by atoms with Crippen LogP contribution in [-0.4, -0.2) is 14.1 Å². The average molecular weight is 151 g/mol. The van der Waals surface area contributed by atoms with E-state index in [4.69, 9.17) is 5.84 Å². The molecule has 0 spiro atoms. The number of anilines is 2. The smallest absolute Gasteiger partial charge is 0.0486 e. The van der Waals surface area contributed by atoms with E-state index in [1.807, 2.05) is 43.3 Å². The molecule has 0 aliphatic carbocycles. The quantitative estimate of drug-likeness (QED) is 0.490. The molecule has 60 valence electrons. The molecule has 0 saturated heterocycles. The molecule has 3 nitrogen and oxygen atoms in total. The minimum atomic E-state index is 0.926. The van der Waals surface area contributed by atoms with Gasteiger partial charge in [-0.05, 0) is 24.3 Å². The molecular weight excluding hydrogens is 138 g/mol. The summed E-state index contributed by atoms with van der Waals surface area (Å²) in [6, 6.07) is 7.90. The Kier molecular flexibility index (Phi) is 2.33. The van der Waals surface area contributed by atoms with Crippen LogP contribution in [0.3, 0.4) is 0 Å². The summed E-state index contributed by atoms with van der Waals surface area (Å²) in [5.74, 6) is 5.21. The van der Waals surface area contributed by atoms with Crippen molar-refractivity contribution < 1.29 is 0 Å². The third-order valence-corrected chi connectivity index (χ3v) is 1.55. The fourth-order valence-corrected chi connectivity index (χ4v) is 0.856. The maximum atomic E-state index is 5.21. The van der Waals surface area contributed by atoms with Gasteiger partial charge in [0.05, 0.1) is 0 Å². The summed E-state index contributed by atoms with van der Waals surface area (Å²) in [5, 5.41) is 0. The van der Waals surface area contributed by atoms with E-state index in [-0.39, 0.29) is 0 Å². The highest BCUT2D eigenvalue weighted by Crippen LogP contribution is 2.14. The molecule has 1 rings (SSSR count). The first-order valence-corrected chi connectivity index (χ1v) is 3.48. The lowest BCUT2D eigenvalue weighted by molar-refractivity contribution is 1.13. The number of hydrogen-bond acceptors (Lipinski definition) is 3. The molecular formula is C8H13N3. The van der Waals surface area contributed by atoms with Crippen LogP contribution in [0.4, 0.5) is 11.4 Å². The molecule has 3 N–H and O–H groups in total. The van der Waals surface area contributed by atoms with Crippen molar-refractivity contribution in [3.8, 4) is 0 Å². The van der Waals surface area contributed by atoms with Crippen LogP contribution in [0.15, 0.2) is 24.3 Å². The van der Waals surface area contributed by atoms with Crippen LogP contribution in [0.5, 0.6) is 0 Å². The Bertz CT molecular complexity index is 215. The van der Waals surface area contributed by atoms with Crippen LogP contribution in [0, 0.1) is 0 Å². The summed E-state index contributed by atoms with van der Waals surface area (Å²) in [5.41, 5.74) is 4.67. The Morgan fingerprint density at radius 3 is 2.09 bits per heavy atom. The van der Waals surface area contributed by atoms with Gasteiger partial charge >= 0.3 is 0 Å². The molecule has 0 aliphatic heterocycles. The van der Waals surface area contributed by atoms with Crippen molar-refractivity contribution in [1.82, 2.24) is 0 Å². The number of hydrazine groups is 1. The Labute approximate surface area is 66.8 Å². The monoisotopic (exact) mass is 151 g/mol. The molecule has 0 radical (unpaired) electrons. The van der Waals surface area contributed by atoms with Gasteiger partial charge in [0.2, 0.25) is 0 Å². The molecule has 0 aromatic heterocycles. The van der Waals surface area contributed by atoms with Gasteiger partial charge in [-0.2, -0.15) is 0 Å². The lowest BCUT2D eigenvalue weighted by Gasteiger charge is -2.12. The molecule has 0 aliphatic rings. The minimum absolute atomic E-state index is 0.926. The SMILES string of the molecule is CN(C)c1ccc(NN)cc1. The number of rotatable bonds is 2. The molecule has 0 saturated carbocycles. The lowest BCUT2D eigenvalue weighted by Crippen LogP contribution is -2.09. The standard InChI is InChI=1S/C8H13N3/c1-11(2)8-5-3-7(10-9)4-6-8/h3-6,10H,9H2,1-2H3. The van der Waals surface area contributed by atoms with Crippen molar-refractivity contribution >= 4 is 11.4 Å². The molecule has 0 fully saturated rings. The van der Waals surface area contributed by atoms with E-state index < -0.39 is 0 Å². The molecule has 3 heteroatoms. The van der Waals surface area contributed by atoms with E-state index in [0.717, 1.165) is 5.69 Å². The normalized spacial score (nSPS) is 9.36. The molecule has 0 unspecified atom stereocenters. The zero-order valence-electron chi connectivity index (χ0n) is 6.83. The number of nitrogen functional groups attached to an aromatic ring is 1. The maximum absolute atomic E-state index is 5.21. The van der Waals surface area contributed by atoms with Crippen molar-refractivity contribution in [2.45, 2.75) is 0 Å². The second-order valence-corrected chi connectivity index (χ2v) is 2.59. The van der Waals surface area contributed by atoms with E-state index in [1.165, 1.54) is 5.69 Å². The third-order valence-electron chi connectivity index (χ3n) is 1.55. The van der Waals surface area contributed by atoms with Crippen LogP contribution >= 0.6 is 0 Å². The van der Waals surface area contributed by atoms with Gasteiger partial charge in [0.25, 0.3) is 0 Å². The second-order valence-electron chi connectivity index (χ2n) is 2.59. The third kappa shape index (κ3) is 1.85. The van der Waals surface area contributed by atoms with Crippen molar-refractivity contribution in [3.63, 3.8) is 0 Å². The van der Waals surface area contributed by atoms with E-state index >= 15 is 0 Å². The summed E-state index contributed by atoms with van der Waals surface area (Å²) in [6.07, 6.45) is 0. The first-order valence-electron chi connectivity index (χ1n) is 3.48. The zero-order valence-corrected chi connectivity index (χ0v) is 6.83. The highest BCUT2D eigenvalue weighted by atomic mass is 15.2. The summed E-state index contributed by atoms with van der Waals surface area (Å²) < 4.78 is 0. The van der Waals surface area contributed by atoms with Gasteiger partial charge in [-0.3, -0.25) is 5.84 Å². The van der Waals surface area contributed by atoms with Crippen LogP contribution in [0.1, 0.15) is 0 Å². The van der Waals surface area contributed by atoms with Gasteiger partial charge in [-0.15, -0.1) is 0 Å². The van der Waals surface area contributed by atoms with Crippen molar-refractivity contribution in [2.75, 3.05) is 24.4 Å². The summed E-state index contributed by atoms with van der Waals surface area (Å²) >= 11 is 0. The predicted molar refractivity (Wildman–Crippen MR) is 48.6 cm³/mol. The highest BCUT2D eigenvalue weighted by molar-refractivity contribution is 5.53. The molecule has 1 aromatic carbocycles. The van der Waals surface area contributed by atoms with Crippen LogP contribution in [0.2, 0.25) is 0 Å². The van der Waals surface area contributed by atoms with E-state index in [9.17, 15) is 0 Å². The van der Waals surface area contributed by atoms with Gasteiger partial charge in [0.15, 0.2) is 0 Å². The topological polar surface area (TPSA) is 41.3 Å². The second kappa shape index (κ2) is 3.25. The number of nitrogens with two attached hydrogens (primary N) is 1. The Hall–Kier alpha value is -1.22. The van der Waals surface area contributed by atoms with Crippen LogP contribution in [0.25, 0.3) is 0 Å². The van der Waals surface area contributed by atoms with E-state index in [1.54, 1.807) is 0 Å². The van der Waals surface area contributed by atoms with Gasteiger partial charge in [0.1, 0.15) is 0 Å². The minimum Gasteiger partial charge on any atom is -0.378 e. The zero-order chi connectivity index (χ0) is 8.27. The van der Waals surface area contributed by atoms with E-state index in [0.29, 0.717) is 0 Å². The highest BCUT2D eigenvalue weighted by Gasteiger charge is 1.92. The average Bonchev–Trinajstić information content (AvgIpc) is 2.05. The summed E-state index contributed by atoms with van der Waals surface area (Å²) in [4.78, 5) is 2.04. The maximum Gasteiger partial charge on any atom is 0.0486 e. The fourth-order valence-electron chi connectivity index (χ4n) is 0.856. The van der Waals surface area contributed by atoms with Gasteiger partial charge in [-0.1, -0.05) is 0 Å². The van der Waals surface area contributed by atoms with Crippen LogP contribution in [-0.2, 0) is 0 Å². The van der Waals surface area contributed by atoms with Crippen molar-refractivity contribution in [1.29, 1.82) is 0 Å². The van der Waals surface area contributed by atoms with Crippen LogP contribution < -0.4 is 16.2 Å². The number of benzene rings is 1. The number of nitrogens with zero attached hydrogens (tertiary/aromatic N) is 1. The van der Waals surface area contributed by atoms with Gasteiger partial charge in [0, 0.05) is 25.5 Å². The first kappa shape index (κ1) is 7.88. The molecule has 0 amide bonds. The number of hydrogen-bond donors (Lipinski definition) is 2. The lowest BCUT2D eigenvalue weighted by atomic mass is 10.3.